The van der Waals surface area contributed by atoms with Gasteiger partial charge in [0.05, 0.1) is 5.69 Å². The second kappa shape index (κ2) is 12.6. The molecule has 5 aromatic rings. The van der Waals surface area contributed by atoms with Gasteiger partial charge in [-0.25, -0.2) is 9.78 Å². The van der Waals surface area contributed by atoms with Crippen LogP contribution in [-0.2, 0) is 0 Å². The second-order valence-corrected chi connectivity index (χ2v) is 9.98. The van der Waals surface area contributed by atoms with E-state index in [9.17, 15) is 22.8 Å². The van der Waals surface area contributed by atoms with Gasteiger partial charge in [-0.2, -0.15) is 0 Å². The molecule has 0 fully saturated rings. The summed E-state index contributed by atoms with van der Waals surface area (Å²) in [5.41, 5.74) is 5.10. The first-order valence-corrected chi connectivity index (χ1v) is 13.6. The van der Waals surface area contributed by atoms with Crippen LogP contribution >= 0.6 is 11.3 Å². The zero-order valence-electron chi connectivity index (χ0n) is 22.4. The van der Waals surface area contributed by atoms with Crippen molar-refractivity contribution in [2.75, 3.05) is 21.3 Å². The Balaban J connectivity index is 1.16. The Hall–Kier alpha value is -5.43. The van der Waals surface area contributed by atoms with Gasteiger partial charge in [-0.15, -0.1) is 24.5 Å². The normalized spacial score (nSPS) is 11.0. The van der Waals surface area contributed by atoms with Crippen molar-refractivity contribution in [1.29, 1.82) is 0 Å². The highest BCUT2D eigenvalue weighted by molar-refractivity contribution is 7.14. The number of ether oxygens (including phenoxy) is 1. The van der Waals surface area contributed by atoms with Crippen molar-refractivity contribution in [3.05, 3.63) is 108 Å². The van der Waals surface area contributed by atoms with Gasteiger partial charge in [0.15, 0.2) is 5.13 Å². The first kappa shape index (κ1) is 29.1. The predicted octanol–water partition coefficient (Wildman–Crippen LogP) is 8.05. The van der Waals surface area contributed by atoms with Crippen LogP contribution in [0.3, 0.4) is 0 Å². The van der Waals surface area contributed by atoms with Gasteiger partial charge in [0.1, 0.15) is 5.75 Å². The molecular weight excluding hydrogens is 581 g/mol. The number of hydrogen-bond donors (Lipinski definition) is 4. The average molecular weight is 605 g/mol. The first-order chi connectivity index (χ1) is 20.6. The smallest absolute Gasteiger partial charge is 0.406 e. The maximum atomic E-state index is 12.9. The van der Waals surface area contributed by atoms with Gasteiger partial charge < -0.3 is 26.0 Å². The molecule has 0 radical (unpaired) electrons. The molecule has 2 heterocycles. The van der Waals surface area contributed by atoms with E-state index < -0.39 is 18.1 Å². The number of urea groups is 1. The molecule has 0 saturated heterocycles. The van der Waals surface area contributed by atoms with Gasteiger partial charge in [0.25, 0.3) is 5.91 Å². The highest BCUT2D eigenvalue weighted by atomic mass is 32.1. The molecule has 0 unspecified atom stereocenters. The van der Waals surface area contributed by atoms with Crippen molar-refractivity contribution in [1.82, 2.24) is 9.97 Å². The number of halogens is 3. The van der Waals surface area contributed by atoms with Gasteiger partial charge >= 0.3 is 12.4 Å². The lowest BCUT2D eigenvalue weighted by Gasteiger charge is -2.12. The van der Waals surface area contributed by atoms with Gasteiger partial charge in [-0.1, -0.05) is 6.07 Å². The molecule has 2 aromatic heterocycles. The van der Waals surface area contributed by atoms with Crippen molar-refractivity contribution in [2.24, 2.45) is 0 Å². The number of benzene rings is 3. The third-order valence-corrected chi connectivity index (χ3v) is 6.71. The molecule has 0 saturated carbocycles. The molecule has 0 aliphatic heterocycles. The standard InChI is InChI=1S/C30H23F3N6O3S/c1-18-4-7-23(15-25(18)38-29-39-26(17-43-29)20-3-2-14-34-16-20)35-27(40)19-5-8-21(9-6-19)36-28(41)37-22-10-12-24(13-11-22)42-30(31,32)33/h2-17H,1H3,(H,35,40)(H,38,39)(H2,36,37,41). The van der Waals surface area contributed by atoms with E-state index in [1.54, 1.807) is 42.7 Å². The van der Waals surface area contributed by atoms with Crippen LogP contribution < -0.4 is 26.0 Å². The Bertz CT molecular complexity index is 1730. The molecule has 3 aromatic carbocycles. The average Bonchev–Trinajstić information content (AvgIpc) is 3.44. The summed E-state index contributed by atoms with van der Waals surface area (Å²) in [6, 6.07) is 19.6. The molecule has 0 aliphatic carbocycles. The number of amides is 3. The molecule has 4 N–H and O–H groups in total. The number of hydrogen-bond acceptors (Lipinski definition) is 7. The zero-order chi connectivity index (χ0) is 30.4. The summed E-state index contributed by atoms with van der Waals surface area (Å²) in [7, 11) is 0. The maximum Gasteiger partial charge on any atom is 0.573 e. The fourth-order valence-electron chi connectivity index (χ4n) is 3.87. The van der Waals surface area contributed by atoms with Crippen LogP contribution in [0.2, 0.25) is 0 Å². The van der Waals surface area contributed by atoms with Crippen molar-refractivity contribution in [3.8, 4) is 17.0 Å². The van der Waals surface area contributed by atoms with E-state index in [2.05, 4.69) is 36.0 Å². The summed E-state index contributed by atoms with van der Waals surface area (Å²) < 4.78 is 40.7. The van der Waals surface area contributed by atoms with Gasteiger partial charge in [0, 0.05) is 51.7 Å². The number of nitrogens with one attached hydrogen (secondary N) is 4. The number of aromatic nitrogens is 2. The molecule has 0 spiro atoms. The largest absolute Gasteiger partial charge is 0.573 e. The topological polar surface area (TPSA) is 117 Å². The van der Waals surface area contributed by atoms with Crippen molar-refractivity contribution in [2.45, 2.75) is 13.3 Å². The van der Waals surface area contributed by atoms with Crippen LogP contribution in [0.25, 0.3) is 11.3 Å². The quantitative estimate of drug-likeness (QED) is 0.142. The first-order valence-electron chi connectivity index (χ1n) is 12.7. The lowest BCUT2D eigenvalue weighted by atomic mass is 10.1. The Morgan fingerprint density at radius 3 is 2.19 bits per heavy atom. The minimum absolute atomic E-state index is 0.263. The lowest BCUT2D eigenvalue weighted by molar-refractivity contribution is -0.274. The molecule has 9 nitrogen and oxygen atoms in total. The van der Waals surface area contributed by atoms with E-state index in [4.69, 9.17) is 0 Å². The van der Waals surface area contributed by atoms with Gasteiger partial charge in [0.2, 0.25) is 0 Å². The predicted molar refractivity (Wildman–Crippen MR) is 160 cm³/mol. The van der Waals surface area contributed by atoms with E-state index in [0.717, 1.165) is 34.6 Å². The summed E-state index contributed by atoms with van der Waals surface area (Å²) in [5.74, 6) is -0.750. The number of pyridine rings is 1. The molecule has 3 amide bonds. The maximum absolute atomic E-state index is 12.9. The summed E-state index contributed by atoms with van der Waals surface area (Å²) in [6.45, 7) is 1.95. The summed E-state index contributed by atoms with van der Waals surface area (Å²) in [5, 5.41) is 13.9. The zero-order valence-corrected chi connectivity index (χ0v) is 23.2. The van der Waals surface area contributed by atoms with Crippen molar-refractivity contribution in [3.63, 3.8) is 0 Å². The van der Waals surface area contributed by atoms with E-state index in [1.807, 2.05) is 36.6 Å². The van der Waals surface area contributed by atoms with Crippen LogP contribution in [-0.4, -0.2) is 28.3 Å². The lowest BCUT2D eigenvalue weighted by Crippen LogP contribution is -2.20. The van der Waals surface area contributed by atoms with Crippen LogP contribution in [0.4, 0.5) is 45.8 Å². The van der Waals surface area contributed by atoms with Gasteiger partial charge in [-0.3, -0.25) is 9.78 Å². The molecule has 13 heteroatoms. The van der Waals surface area contributed by atoms with Crippen molar-refractivity contribution < 1.29 is 27.5 Å². The second-order valence-electron chi connectivity index (χ2n) is 9.12. The number of alkyl halides is 3. The molecule has 0 bridgehead atoms. The summed E-state index contributed by atoms with van der Waals surface area (Å²) >= 11 is 1.46. The molecule has 5 rings (SSSR count). The Morgan fingerprint density at radius 1 is 0.860 bits per heavy atom. The minimum atomic E-state index is -4.80. The number of thiazole rings is 1. The molecule has 43 heavy (non-hydrogen) atoms. The van der Waals surface area contributed by atoms with Crippen LogP contribution in [0.1, 0.15) is 15.9 Å². The minimum Gasteiger partial charge on any atom is -0.406 e. The van der Waals surface area contributed by atoms with Crippen molar-refractivity contribution >= 4 is 51.2 Å². The molecule has 0 aliphatic rings. The number of anilines is 5. The van der Waals surface area contributed by atoms with E-state index in [1.165, 1.54) is 23.5 Å². The summed E-state index contributed by atoms with van der Waals surface area (Å²) in [6.07, 6.45) is -1.35. The molecular formula is C30H23F3N6O3S. The highest BCUT2D eigenvalue weighted by Crippen LogP contribution is 2.30. The monoisotopic (exact) mass is 604 g/mol. The number of carbonyl (C=O) groups is 2. The number of nitrogens with zero attached hydrogens (tertiary/aromatic N) is 2. The number of rotatable bonds is 8. The third-order valence-electron chi connectivity index (χ3n) is 5.95. The highest BCUT2D eigenvalue weighted by Gasteiger charge is 2.31. The Morgan fingerprint density at radius 2 is 1.53 bits per heavy atom. The summed E-state index contributed by atoms with van der Waals surface area (Å²) in [4.78, 5) is 33.9. The SMILES string of the molecule is Cc1ccc(NC(=O)c2ccc(NC(=O)Nc3ccc(OC(F)(F)F)cc3)cc2)cc1Nc1nc(-c2cccnc2)cs1. The number of aryl methyl sites for hydroxylation is 1. The fraction of sp³-hybridized carbons (Fsp3) is 0.0667. The Labute approximate surface area is 247 Å². The fourth-order valence-corrected chi connectivity index (χ4v) is 4.60. The molecule has 218 valence electrons. The Kier molecular flexibility index (Phi) is 8.53. The van der Waals surface area contributed by atoms with E-state index >= 15 is 0 Å². The third kappa shape index (κ3) is 8.07. The van der Waals surface area contributed by atoms with Crippen LogP contribution in [0.5, 0.6) is 5.75 Å². The van der Waals surface area contributed by atoms with Crippen LogP contribution in [0, 0.1) is 6.92 Å². The van der Waals surface area contributed by atoms with E-state index in [-0.39, 0.29) is 11.6 Å². The van der Waals surface area contributed by atoms with E-state index in [0.29, 0.717) is 22.1 Å². The van der Waals surface area contributed by atoms with Crippen LogP contribution in [0.15, 0.2) is 96.6 Å². The number of carbonyl (C=O) groups excluding carboxylic acids is 2. The molecule has 0 atom stereocenters. The van der Waals surface area contributed by atoms with Gasteiger partial charge in [-0.05, 0) is 85.3 Å².